The zero-order valence-electron chi connectivity index (χ0n) is 8.11. The van der Waals surface area contributed by atoms with E-state index in [-0.39, 0.29) is 5.11 Å². The number of pyridine rings is 1. The first-order valence-corrected chi connectivity index (χ1v) is 4.54. The van der Waals surface area contributed by atoms with Crippen molar-refractivity contribution < 1.29 is 0 Å². The molecule has 0 unspecified atom stereocenters. The van der Waals surface area contributed by atoms with E-state index in [0.717, 1.165) is 17.0 Å². The van der Waals surface area contributed by atoms with Crippen LogP contribution in [0.1, 0.15) is 18.2 Å². The van der Waals surface area contributed by atoms with Crippen LogP contribution in [0.2, 0.25) is 0 Å². The molecule has 4 nitrogen and oxygen atoms in total. The van der Waals surface area contributed by atoms with E-state index >= 15 is 0 Å². The number of hydrogen-bond donors (Lipinski definition) is 2. The highest BCUT2D eigenvalue weighted by atomic mass is 32.1. The van der Waals surface area contributed by atoms with E-state index in [2.05, 4.69) is 27.7 Å². The van der Waals surface area contributed by atoms with Crippen molar-refractivity contribution in [2.45, 2.75) is 13.8 Å². The molecule has 14 heavy (non-hydrogen) atoms. The molecule has 0 aliphatic rings. The number of nitrogens with zero attached hydrogens (tertiary/aromatic N) is 2. The highest BCUT2D eigenvalue weighted by Crippen LogP contribution is 2.04. The number of aryl methyl sites for hydroxylation is 1. The Hall–Kier alpha value is -1.49. The highest BCUT2D eigenvalue weighted by molar-refractivity contribution is 7.80. The molecule has 5 heteroatoms. The average molecular weight is 208 g/mol. The Labute approximate surface area is 88.2 Å². The maximum Gasteiger partial charge on any atom is 0.184 e. The Morgan fingerprint density at radius 2 is 2.36 bits per heavy atom. The van der Waals surface area contributed by atoms with Gasteiger partial charge in [0, 0.05) is 17.5 Å². The minimum Gasteiger partial charge on any atom is -0.375 e. The van der Waals surface area contributed by atoms with Crippen molar-refractivity contribution in [3.8, 4) is 0 Å². The van der Waals surface area contributed by atoms with Crippen LogP contribution in [0.4, 0.5) is 0 Å². The van der Waals surface area contributed by atoms with Crippen LogP contribution in [0, 0.1) is 6.92 Å². The molecule has 0 saturated heterocycles. The van der Waals surface area contributed by atoms with Crippen LogP contribution in [-0.2, 0) is 0 Å². The first-order chi connectivity index (χ1) is 6.61. The summed E-state index contributed by atoms with van der Waals surface area (Å²) in [6.07, 6.45) is 1.74. The third kappa shape index (κ3) is 2.77. The molecule has 1 aromatic rings. The smallest absolute Gasteiger partial charge is 0.184 e. The molecule has 0 radical (unpaired) electrons. The van der Waals surface area contributed by atoms with Gasteiger partial charge in [-0.1, -0.05) is 0 Å². The maximum atomic E-state index is 5.25. The third-order valence-corrected chi connectivity index (χ3v) is 1.82. The lowest BCUT2D eigenvalue weighted by Gasteiger charge is -2.03. The van der Waals surface area contributed by atoms with Crippen molar-refractivity contribution in [1.82, 2.24) is 10.4 Å². The number of thiocarbonyl (C=S) groups is 1. The molecular weight excluding hydrogens is 196 g/mol. The fraction of sp³-hybridized carbons (Fsp3) is 0.222. The first-order valence-electron chi connectivity index (χ1n) is 4.13. The van der Waals surface area contributed by atoms with Gasteiger partial charge in [0.05, 0.1) is 5.71 Å². The van der Waals surface area contributed by atoms with E-state index in [0.29, 0.717) is 0 Å². The Kier molecular flexibility index (Phi) is 3.53. The second-order valence-electron chi connectivity index (χ2n) is 2.81. The van der Waals surface area contributed by atoms with Crippen LogP contribution >= 0.6 is 12.2 Å². The van der Waals surface area contributed by atoms with Crippen molar-refractivity contribution in [3.63, 3.8) is 0 Å². The summed E-state index contributed by atoms with van der Waals surface area (Å²) in [6, 6.07) is 3.81. The van der Waals surface area contributed by atoms with E-state index in [1.807, 2.05) is 26.0 Å². The van der Waals surface area contributed by atoms with E-state index < -0.39 is 0 Å². The first kappa shape index (κ1) is 10.6. The van der Waals surface area contributed by atoms with Crippen LogP contribution in [0.15, 0.2) is 23.4 Å². The summed E-state index contributed by atoms with van der Waals surface area (Å²) >= 11 is 4.64. The predicted molar refractivity (Wildman–Crippen MR) is 61.1 cm³/mol. The largest absolute Gasteiger partial charge is 0.375 e. The Morgan fingerprint density at radius 3 is 2.93 bits per heavy atom. The summed E-state index contributed by atoms with van der Waals surface area (Å²) in [4.78, 5) is 4.15. The number of hydrazone groups is 1. The molecule has 74 valence electrons. The molecule has 3 N–H and O–H groups in total. The second-order valence-corrected chi connectivity index (χ2v) is 3.25. The fourth-order valence-electron chi connectivity index (χ4n) is 1.07. The summed E-state index contributed by atoms with van der Waals surface area (Å²) < 4.78 is 0. The lowest BCUT2D eigenvalue weighted by atomic mass is 10.1. The van der Waals surface area contributed by atoms with Crippen LogP contribution in [0.3, 0.4) is 0 Å². The van der Waals surface area contributed by atoms with Crippen molar-refractivity contribution in [1.29, 1.82) is 0 Å². The number of aromatic nitrogens is 1. The topological polar surface area (TPSA) is 63.3 Å². The van der Waals surface area contributed by atoms with E-state index in [4.69, 9.17) is 5.73 Å². The monoisotopic (exact) mass is 208 g/mol. The average Bonchev–Trinajstić information content (AvgIpc) is 2.15. The number of hydrogen-bond acceptors (Lipinski definition) is 3. The molecule has 0 saturated carbocycles. The fourth-order valence-corrected chi connectivity index (χ4v) is 1.11. The van der Waals surface area contributed by atoms with Crippen LogP contribution < -0.4 is 11.2 Å². The van der Waals surface area contributed by atoms with E-state index in [1.165, 1.54) is 0 Å². The molecule has 0 fully saturated rings. The van der Waals surface area contributed by atoms with Gasteiger partial charge in [-0.15, -0.1) is 0 Å². The number of nitrogens with one attached hydrogen (secondary N) is 1. The molecule has 0 aromatic carbocycles. The Morgan fingerprint density at radius 1 is 1.64 bits per heavy atom. The van der Waals surface area contributed by atoms with Crippen molar-refractivity contribution in [3.05, 3.63) is 29.6 Å². The summed E-state index contributed by atoms with van der Waals surface area (Å²) in [5, 5.41) is 4.17. The van der Waals surface area contributed by atoms with Gasteiger partial charge in [-0.3, -0.25) is 10.4 Å². The van der Waals surface area contributed by atoms with Gasteiger partial charge in [0.1, 0.15) is 0 Å². The summed E-state index contributed by atoms with van der Waals surface area (Å²) in [7, 11) is 0. The minimum absolute atomic E-state index is 0.158. The Balaban J connectivity index is 2.89. The van der Waals surface area contributed by atoms with Crippen LogP contribution in [0.25, 0.3) is 0 Å². The van der Waals surface area contributed by atoms with Gasteiger partial charge in [-0.2, -0.15) is 5.10 Å². The zero-order valence-corrected chi connectivity index (χ0v) is 8.93. The van der Waals surface area contributed by atoms with Gasteiger partial charge in [0.25, 0.3) is 0 Å². The predicted octanol–water partition coefficient (Wildman–Crippen LogP) is 0.947. The maximum absolute atomic E-state index is 5.25. The molecule has 1 heterocycles. The van der Waals surface area contributed by atoms with E-state index in [9.17, 15) is 0 Å². The lowest BCUT2D eigenvalue weighted by molar-refractivity contribution is 1.02. The zero-order chi connectivity index (χ0) is 10.6. The van der Waals surface area contributed by atoms with Crippen LogP contribution in [0.5, 0.6) is 0 Å². The molecule has 0 amide bonds. The number of nitrogens with two attached hydrogens (primary N) is 1. The van der Waals surface area contributed by atoms with Crippen LogP contribution in [-0.4, -0.2) is 15.8 Å². The number of rotatable bonds is 2. The molecular formula is C9H12N4S. The van der Waals surface area contributed by atoms with Gasteiger partial charge < -0.3 is 5.73 Å². The lowest BCUT2D eigenvalue weighted by Crippen LogP contribution is -2.25. The van der Waals surface area contributed by atoms with E-state index in [1.54, 1.807) is 6.20 Å². The Bertz CT molecular complexity index is 373. The molecule has 0 aliphatic heterocycles. The molecule has 0 atom stereocenters. The van der Waals surface area contributed by atoms with Gasteiger partial charge >= 0.3 is 0 Å². The highest BCUT2D eigenvalue weighted by Gasteiger charge is 2.01. The van der Waals surface area contributed by atoms with Gasteiger partial charge in [0.15, 0.2) is 5.11 Å². The minimum atomic E-state index is 0.158. The quantitative estimate of drug-likeness (QED) is 0.431. The summed E-state index contributed by atoms with van der Waals surface area (Å²) in [5.74, 6) is 0. The standard InChI is InChI=1S/C9H12N4S/c1-6-8(4-3-5-11-6)7(2)12-13-9(10)14/h3-5H,1-2H3,(H3,10,13,14)/b12-7-. The SMILES string of the molecule is C/C(=N/NC(N)=S)c1cccnc1C. The second kappa shape index (κ2) is 4.66. The van der Waals surface area contributed by atoms with Gasteiger partial charge in [-0.05, 0) is 38.2 Å². The molecule has 0 spiro atoms. The van der Waals surface area contributed by atoms with Crippen molar-refractivity contribution in [2.24, 2.45) is 10.8 Å². The molecule has 0 aliphatic carbocycles. The normalized spacial score (nSPS) is 11.1. The van der Waals surface area contributed by atoms with Crippen molar-refractivity contribution >= 4 is 23.0 Å². The molecule has 1 aromatic heterocycles. The van der Waals surface area contributed by atoms with Crippen molar-refractivity contribution in [2.75, 3.05) is 0 Å². The summed E-state index contributed by atoms with van der Waals surface area (Å²) in [6.45, 7) is 3.80. The third-order valence-electron chi connectivity index (χ3n) is 1.73. The molecule has 0 bridgehead atoms. The molecule has 1 rings (SSSR count). The summed E-state index contributed by atoms with van der Waals surface area (Å²) in [5.41, 5.74) is 10.5. The van der Waals surface area contributed by atoms with Gasteiger partial charge in [0.2, 0.25) is 0 Å². The van der Waals surface area contributed by atoms with Gasteiger partial charge in [-0.25, -0.2) is 0 Å².